The van der Waals surface area contributed by atoms with Gasteiger partial charge in [0.25, 0.3) is 11.8 Å². The van der Waals surface area contributed by atoms with Crippen LogP contribution in [0.1, 0.15) is 11.1 Å². The number of amides is 2. The molecule has 2 rings (SSSR count). The van der Waals surface area contributed by atoms with Gasteiger partial charge in [0, 0.05) is 0 Å². The summed E-state index contributed by atoms with van der Waals surface area (Å²) in [5.41, 5.74) is 5.57. The van der Waals surface area contributed by atoms with Crippen LogP contribution in [0.3, 0.4) is 0 Å². The van der Waals surface area contributed by atoms with Crippen LogP contribution in [-0.4, -0.2) is 46.7 Å². The van der Waals surface area contributed by atoms with Gasteiger partial charge in [-0.15, -0.1) is 0 Å². The van der Waals surface area contributed by atoms with Crippen molar-refractivity contribution in [3.8, 4) is 0 Å². The number of hydrazone groups is 2. The summed E-state index contributed by atoms with van der Waals surface area (Å²) in [4.78, 5) is 23.4. The molecule has 2 aromatic carbocycles. The number of carbonyl (C=O) groups is 2. The van der Waals surface area contributed by atoms with Crippen LogP contribution in [-0.2, 0) is 9.59 Å². The molecule has 2 aromatic rings. The molecule has 0 aromatic heterocycles. The lowest BCUT2D eigenvalue weighted by atomic mass is 10.2. The van der Waals surface area contributed by atoms with Gasteiger partial charge >= 0.3 is 0 Å². The van der Waals surface area contributed by atoms with Gasteiger partial charge in [0.05, 0.1) is 12.4 Å². The largest absolute Gasteiger partial charge is 0.380 e. The highest BCUT2D eigenvalue weighted by Crippen LogP contribution is 1.97. The summed E-state index contributed by atoms with van der Waals surface area (Å²) in [6.07, 6.45) is -1.26. The fourth-order valence-corrected chi connectivity index (χ4v) is 1.84. The van der Waals surface area contributed by atoms with Crippen molar-refractivity contribution in [2.75, 3.05) is 0 Å². The molecule has 2 atom stereocenters. The summed E-state index contributed by atoms with van der Waals surface area (Å²) in [7, 11) is 0. The van der Waals surface area contributed by atoms with Gasteiger partial charge in [0.1, 0.15) is 0 Å². The van der Waals surface area contributed by atoms with E-state index in [0.717, 1.165) is 11.1 Å². The lowest BCUT2D eigenvalue weighted by Gasteiger charge is -2.14. The minimum absolute atomic E-state index is 0.732. The van der Waals surface area contributed by atoms with Gasteiger partial charge < -0.3 is 10.2 Å². The maximum Gasteiger partial charge on any atom is 0.272 e. The Morgan fingerprint density at radius 1 is 0.731 bits per heavy atom. The molecule has 0 saturated carbocycles. The molecule has 0 aliphatic heterocycles. The first-order valence-electron chi connectivity index (χ1n) is 7.70. The second kappa shape index (κ2) is 9.82. The van der Waals surface area contributed by atoms with Gasteiger partial charge in [-0.2, -0.15) is 10.2 Å². The van der Waals surface area contributed by atoms with Crippen LogP contribution in [0.2, 0.25) is 0 Å². The molecule has 134 valence electrons. The van der Waals surface area contributed by atoms with E-state index in [4.69, 9.17) is 0 Å². The first-order valence-corrected chi connectivity index (χ1v) is 7.70. The minimum Gasteiger partial charge on any atom is -0.380 e. The summed E-state index contributed by atoms with van der Waals surface area (Å²) in [6.45, 7) is 0. The molecule has 0 spiro atoms. The van der Waals surface area contributed by atoms with Crippen LogP contribution in [0.4, 0.5) is 0 Å². The van der Waals surface area contributed by atoms with E-state index < -0.39 is 24.0 Å². The predicted molar refractivity (Wildman–Crippen MR) is 96.4 cm³/mol. The van der Waals surface area contributed by atoms with Gasteiger partial charge in [-0.25, -0.2) is 10.9 Å². The normalized spacial score (nSPS) is 13.5. The summed E-state index contributed by atoms with van der Waals surface area (Å²) in [5.74, 6) is -2.04. The van der Waals surface area contributed by atoms with E-state index in [1.807, 2.05) is 12.1 Å². The Kier molecular flexibility index (Phi) is 7.17. The van der Waals surface area contributed by atoms with Crippen molar-refractivity contribution in [2.24, 2.45) is 10.2 Å². The van der Waals surface area contributed by atoms with E-state index >= 15 is 0 Å². The third-order valence-corrected chi connectivity index (χ3v) is 3.21. The smallest absolute Gasteiger partial charge is 0.272 e. The van der Waals surface area contributed by atoms with Crippen LogP contribution < -0.4 is 10.9 Å². The fraction of sp³-hybridized carbons (Fsp3) is 0.111. The molecule has 0 saturated heterocycles. The van der Waals surface area contributed by atoms with Crippen molar-refractivity contribution in [3.05, 3.63) is 71.8 Å². The van der Waals surface area contributed by atoms with Crippen molar-refractivity contribution < 1.29 is 19.8 Å². The van der Waals surface area contributed by atoms with Gasteiger partial charge in [0.2, 0.25) is 0 Å². The van der Waals surface area contributed by atoms with E-state index in [2.05, 4.69) is 21.1 Å². The van der Waals surface area contributed by atoms with Crippen LogP contribution in [0.5, 0.6) is 0 Å². The Morgan fingerprint density at radius 2 is 1.08 bits per heavy atom. The van der Waals surface area contributed by atoms with Crippen molar-refractivity contribution >= 4 is 24.2 Å². The maximum absolute atomic E-state index is 11.7. The van der Waals surface area contributed by atoms with Crippen LogP contribution in [0, 0.1) is 0 Å². The van der Waals surface area contributed by atoms with E-state index in [9.17, 15) is 19.8 Å². The molecule has 0 fully saturated rings. The third kappa shape index (κ3) is 5.93. The van der Waals surface area contributed by atoms with E-state index in [1.54, 1.807) is 48.5 Å². The Bertz CT molecular complexity index is 711. The van der Waals surface area contributed by atoms with Crippen LogP contribution >= 0.6 is 0 Å². The Balaban J connectivity index is 1.82. The summed E-state index contributed by atoms with van der Waals surface area (Å²) in [5, 5.41) is 26.7. The van der Waals surface area contributed by atoms with Gasteiger partial charge in [0.15, 0.2) is 12.2 Å². The molecule has 0 bridgehead atoms. The number of hydrogen-bond acceptors (Lipinski definition) is 6. The highest BCUT2D eigenvalue weighted by molar-refractivity contribution is 5.91. The van der Waals surface area contributed by atoms with E-state index in [1.165, 1.54) is 12.4 Å². The summed E-state index contributed by atoms with van der Waals surface area (Å²) >= 11 is 0. The highest BCUT2D eigenvalue weighted by Gasteiger charge is 2.30. The van der Waals surface area contributed by atoms with Gasteiger partial charge in [-0.05, 0) is 11.1 Å². The molecule has 0 heterocycles. The Hall–Kier alpha value is -3.36. The molecule has 0 radical (unpaired) electrons. The lowest BCUT2D eigenvalue weighted by molar-refractivity contribution is -0.146. The number of carbonyl (C=O) groups excluding carboxylic acids is 2. The van der Waals surface area contributed by atoms with Crippen molar-refractivity contribution in [1.29, 1.82) is 0 Å². The number of aliphatic hydroxyl groups is 2. The SMILES string of the molecule is O=C(N/N=C\c1ccccc1)[C@@H](O)[C@H](O)C(=O)N/N=C\c1ccccc1. The third-order valence-electron chi connectivity index (χ3n) is 3.21. The maximum atomic E-state index is 11.7. The summed E-state index contributed by atoms with van der Waals surface area (Å²) < 4.78 is 0. The molecular formula is C18H18N4O4. The number of nitrogens with one attached hydrogen (secondary N) is 2. The number of aliphatic hydroxyl groups excluding tert-OH is 2. The molecule has 4 N–H and O–H groups in total. The predicted octanol–water partition coefficient (Wildman–Crippen LogP) is 0.00880. The molecule has 26 heavy (non-hydrogen) atoms. The first-order chi connectivity index (χ1) is 12.6. The van der Waals surface area contributed by atoms with E-state index in [-0.39, 0.29) is 0 Å². The minimum atomic E-state index is -1.99. The number of rotatable bonds is 7. The van der Waals surface area contributed by atoms with Crippen molar-refractivity contribution in [3.63, 3.8) is 0 Å². The highest BCUT2D eigenvalue weighted by atomic mass is 16.3. The second-order valence-electron chi connectivity index (χ2n) is 5.18. The molecule has 0 aliphatic rings. The molecule has 2 amide bonds. The standard InChI is InChI=1S/C18H18N4O4/c23-15(17(25)21-19-11-13-7-3-1-4-8-13)16(24)18(26)22-20-12-14-9-5-2-6-10-14/h1-12,15-16,23-24H,(H,21,25)(H,22,26)/b19-11-,20-12-/t15-,16-/m0/s1. The average molecular weight is 354 g/mol. The van der Waals surface area contributed by atoms with Crippen molar-refractivity contribution in [2.45, 2.75) is 12.2 Å². The zero-order valence-electron chi connectivity index (χ0n) is 13.7. The number of hydrogen-bond donors (Lipinski definition) is 4. The number of benzene rings is 2. The second-order valence-corrected chi connectivity index (χ2v) is 5.18. The molecule has 8 nitrogen and oxygen atoms in total. The number of nitrogens with zero attached hydrogens (tertiary/aromatic N) is 2. The topological polar surface area (TPSA) is 123 Å². The summed E-state index contributed by atoms with van der Waals surface area (Å²) in [6, 6.07) is 17.9. The quantitative estimate of drug-likeness (QED) is 0.413. The van der Waals surface area contributed by atoms with Crippen molar-refractivity contribution in [1.82, 2.24) is 10.9 Å². The monoisotopic (exact) mass is 354 g/mol. The van der Waals surface area contributed by atoms with Gasteiger partial charge in [-0.1, -0.05) is 60.7 Å². The molecule has 0 unspecified atom stereocenters. The molecule has 0 aliphatic carbocycles. The fourth-order valence-electron chi connectivity index (χ4n) is 1.84. The Labute approximate surface area is 149 Å². The zero-order valence-corrected chi connectivity index (χ0v) is 13.7. The molecule has 8 heteroatoms. The van der Waals surface area contributed by atoms with Crippen LogP contribution in [0.15, 0.2) is 70.9 Å². The van der Waals surface area contributed by atoms with E-state index in [0.29, 0.717) is 0 Å². The first kappa shape index (κ1) is 19.0. The zero-order chi connectivity index (χ0) is 18.8. The Morgan fingerprint density at radius 3 is 1.42 bits per heavy atom. The van der Waals surface area contributed by atoms with Gasteiger partial charge in [-0.3, -0.25) is 9.59 Å². The molecular weight excluding hydrogens is 336 g/mol. The van der Waals surface area contributed by atoms with Crippen LogP contribution in [0.25, 0.3) is 0 Å². The lowest BCUT2D eigenvalue weighted by Crippen LogP contribution is -2.47. The average Bonchev–Trinajstić information content (AvgIpc) is 2.68.